The Kier molecular flexibility index (Phi) is 4.88. The van der Waals surface area contributed by atoms with Crippen LogP contribution < -0.4 is 0 Å². The summed E-state index contributed by atoms with van der Waals surface area (Å²) < 4.78 is 0. The number of nitrogens with zero attached hydrogens (tertiary/aromatic N) is 4. The van der Waals surface area contributed by atoms with Crippen molar-refractivity contribution in [1.29, 1.82) is 0 Å². The summed E-state index contributed by atoms with van der Waals surface area (Å²) in [4.78, 5) is 33.0. The van der Waals surface area contributed by atoms with Crippen LogP contribution in [0.4, 0.5) is 11.4 Å². The van der Waals surface area contributed by atoms with Crippen LogP contribution in [0.3, 0.4) is 0 Å². The van der Waals surface area contributed by atoms with Crippen molar-refractivity contribution in [2.24, 2.45) is 5.16 Å². The van der Waals surface area contributed by atoms with Crippen molar-refractivity contribution in [2.45, 2.75) is 0 Å². The topological polar surface area (TPSA) is 137 Å². The van der Waals surface area contributed by atoms with Crippen molar-refractivity contribution >= 4 is 17.1 Å². The third-order valence-electron chi connectivity index (χ3n) is 3.68. The molecule has 10 nitrogen and oxygen atoms in total. The van der Waals surface area contributed by atoms with E-state index in [0.29, 0.717) is 22.6 Å². The molecule has 1 aromatic heterocycles. The lowest BCUT2D eigenvalue weighted by atomic mass is 10.1. The van der Waals surface area contributed by atoms with Crippen LogP contribution in [0.2, 0.25) is 0 Å². The molecule has 1 N–H and O–H groups in total. The molecule has 0 spiro atoms. The first-order chi connectivity index (χ1) is 13.0. The number of nitro benzene ring substituents is 2. The first-order valence-corrected chi connectivity index (χ1v) is 7.66. The molecule has 10 heteroatoms. The fourth-order valence-corrected chi connectivity index (χ4v) is 2.47. The standard InChI is InChI=1S/C17H13N5O5/c1-27-20-16(12-5-3-7-14(9-12)22(25)26)17-18-10-15(19-17)11-4-2-6-13(8-11)21(23)24/h2-10H,1H3,(H,18,19)/b20-16+. The Bertz CT molecular complexity index is 1040. The smallest absolute Gasteiger partial charge is 0.270 e. The highest BCUT2D eigenvalue weighted by Crippen LogP contribution is 2.23. The van der Waals surface area contributed by atoms with E-state index in [1.807, 2.05) is 0 Å². The number of hydrogen-bond donors (Lipinski definition) is 1. The normalized spacial score (nSPS) is 11.2. The van der Waals surface area contributed by atoms with Gasteiger partial charge in [-0.15, -0.1) is 0 Å². The van der Waals surface area contributed by atoms with Crippen LogP contribution in [0.25, 0.3) is 11.3 Å². The molecule has 0 unspecified atom stereocenters. The second-order valence-corrected chi connectivity index (χ2v) is 5.38. The minimum atomic E-state index is -0.509. The Labute approximate surface area is 152 Å². The molecule has 0 bridgehead atoms. The lowest BCUT2D eigenvalue weighted by molar-refractivity contribution is -0.385. The molecule has 1 heterocycles. The highest BCUT2D eigenvalue weighted by atomic mass is 16.6. The van der Waals surface area contributed by atoms with Gasteiger partial charge in [0.2, 0.25) is 0 Å². The first kappa shape index (κ1) is 17.7. The Morgan fingerprint density at radius 1 is 1.07 bits per heavy atom. The number of benzene rings is 2. The largest absolute Gasteiger partial charge is 0.399 e. The molecule has 3 rings (SSSR count). The molecule has 2 aromatic carbocycles. The maximum absolute atomic E-state index is 11.0. The van der Waals surface area contributed by atoms with Gasteiger partial charge in [-0.3, -0.25) is 20.2 Å². The molecule has 136 valence electrons. The van der Waals surface area contributed by atoms with Crippen molar-refractivity contribution in [3.05, 3.63) is 86.3 Å². The van der Waals surface area contributed by atoms with E-state index in [2.05, 4.69) is 15.1 Å². The van der Waals surface area contributed by atoms with Crippen LogP contribution in [-0.4, -0.2) is 32.6 Å². The van der Waals surface area contributed by atoms with Gasteiger partial charge in [-0.05, 0) is 0 Å². The number of H-pyrrole nitrogens is 1. The van der Waals surface area contributed by atoms with E-state index in [4.69, 9.17) is 4.84 Å². The molecule has 0 aliphatic heterocycles. The predicted octanol–water partition coefficient (Wildman–Crippen LogP) is 3.29. The van der Waals surface area contributed by atoms with Gasteiger partial charge in [-0.1, -0.05) is 29.4 Å². The molecule has 0 amide bonds. The quantitative estimate of drug-likeness (QED) is 0.403. The van der Waals surface area contributed by atoms with Gasteiger partial charge >= 0.3 is 0 Å². The van der Waals surface area contributed by atoms with E-state index in [1.54, 1.807) is 18.2 Å². The van der Waals surface area contributed by atoms with Gasteiger partial charge in [-0.25, -0.2) is 4.98 Å². The maximum Gasteiger partial charge on any atom is 0.270 e. The Hall–Kier alpha value is -4.08. The van der Waals surface area contributed by atoms with E-state index in [9.17, 15) is 20.2 Å². The molecule has 0 atom stereocenters. The van der Waals surface area contributed by atoms with Gasteiger partial charge in [0.25, 0.3) is 11.4 Å². The number of aromatic amines is 1. The molecule has 0 aliphatic carbocycles. The van der Waals surface area contributed by atoms with Crippen LogP contribution in [0, 0.1) is 20.2 Å². The molecule has 27 heavy (non-hydrogen) atoms. The van der Waals surface area contributed by atoms with Gasteiger partial charge in [0.1, 0.15) is 7.11 Å². The maximum atomic E-state index is 11.0. The van der Waals surface area contributed by atoms with Crippen molar-refractivity contribution in [2.75, 3.05) is 7.11 Å². The van der Waals surface area contributed by atoms with Crippen molar-refractivity contribution in [1.82, 2.24) is 9.97 Å². The highest BCUT2D eigenvalue weighted by Gasteiger charge is 2.17. The zero-order valence-electron chi connectivity index (χ0n) is 14.0. The molecular formula is C17H13N5O5. The average molecular weight is 367 g/mol. The number of oxime groups is 1. The predicted molar refractivity (Wildman–Crippen MR) is 96.4 cm³/mol. The van der Waals surface area contributed by atoms with Crippen LogP contribution in [0.5, 0.6) is 0 Å². The summed E-state index contributed by atoms with van der Waals surface area (Å²) in [7, 11) is 1.35. The second kappa shape index (κ2) is 7.44. The van der Waals surface area contributed by atoms with Crippen molar-refractivity contribution < 1.29 is 14.7 Å². The number of nitro groups is 2. The summed E-state index contributed by atoms with van der Waals surface area (Å²) in [6, 6.07) is 12.0. The molecular weight excluding hydrogens is 354 g/mol. The van der Waals surface area contributed by atoms with Gasteiger partial charge < -0.3 is 9.82 Å². The third-order valence-corrected chi connectivity index (χ3v) is 3.68. The molecule has 0 aliphatic rings. The van der Waals surface area contributed by atoms with Crippen LogP contribution >= 0.6 is 0 Å². The van der Waals surface area contributed by atoms with Crippen molar-refractivity contribution in [3.63, 3.8) is 0 Å². The first-order valence-electron chi connectivity index (χ1n) is 7.66. The van der Waals surface area contributed by atoms with E-state index in [-0.39, 0.29) is 17.1 Å². The van der Waals surface area contributed by atoms with Crippen LogP contribution in [0.1, 0.15) is 11.4 Å². The monoisotopic (exact) mass is 367 g/mol. The van der Waals surface area contributed by atoms with E-state index in [0.717, 1.165) is 0 Å². The molecule has 3 aromatic rings. The molecule has 0 saturated heterocycles. The fraction of sp³-hybridized carbons (Fsp3) is 0.0588. The fourth-order valence-electron chi connectivity index (χ4n) is 2.47. The number of imidazole rings is 1. The van der Waals surface area contributed by atoms with Gasteiger partial charge in [0.15, 0.2) is 11.5 Å². The van der Waals surface area contributed by atoms with Crippen molar-refractivity contribution in [3.8, 4) is 11.3 Å². The highest BCUT2D eigenvalue weighted by molar-refractivity contribution is 6.10. The summed E-state index contributed by atoms with van der Waals surface area (Å²) in [5.74, 6) is 0.304. The SMILES string of the molecule is CO/N=C(\c1cccc([N+](=O)[O-])c1)c1ncc(-c2cccc([N+](=O)[O-])c2)[nH]1. The van der Waals surface area contributed by atoms with E-state index < -0.39 is 9.85 Å². The number of non-ortho nitro benzene ring substituents is 2. The summed E-state index contributed by atoms with van der Waals surface area (Å²) >= 11 is 0. The lowest BCUT2D eigenvalue weighted by Crippen LogP contribution is -2.07. The molecule has 0 radical (unpaired) electrons. The average Bonchev–Trinajstić information content (AvgIpc) is 3.16. The Balaban J connectivity index is 2.01. The molecule has 0 saturated carbocycles. The number of nitrogens with one attached hydrogen (secondary N) is 1. The zero-order valence-corrected chi connectivity index (χ0v) is 14.0. The van der Waals surface area contributed by atoms with Gasteiger partial charge in [0, 0.05) is 35.4 Å². The third kappa shape index (κ3) is 3.79. The lowest BCUT2D eigenvalue weighted by Gasteiger charge is -2.03. The van der Waals surface area contributed by atoms with Gasteiger partial charge in [-0.2, -0.15) is 0 Å². The number of rotatable bonds is 6. The number of aromatic nitrogens is 2. The van der Waals surface area contributed by atoms with Crippen LogP contribution in [-0.2, 0) is 4.84 Å². The minimum absolute atomic E-state index is 0.0480. The Morgan fingerprint density at radius 3 is 2.41 bits per heavy atom. The number of hydrogen-bond acceptors (Lipinski definition) is 7. The minimum Gasteiger partial charge on any atom is -0.399 e. The summed E-state index contributed by atoms with van der Waals surface area (Å²) in [6.45, 7) is 0. The summed E-state index contributed by atoms with van der Waals surface area (Å²) in [6.07, 6.45) is 1.50. The summed E-state index contributed by atoms with van der Waals surface area (Å²) in [5.41, 5.74) is 1.65. The van der Waals surface area contributed by atoms with Crippen LogP contribution in [0.15, 0.2) is 59.9 Å². The van der Waals surface area contributed by atoms with Gasteiger partial charge in [0.05, 0.1) is 21.7 Å². The summed E-state index contributed by atoms with van der Waals surface area (Å²) in [5, 5.41) is 25.9. The molecule has 0 fully saturated rings. The van der Waals surface area contributed by atoms with E-state index >= 15 is 0 Å². The Morgan fingerprint density at radius 2 is 1.74 bits per heavy atom. The second-order valence-electron chi connectivity index (χ2n) is 5.38. The zero-order chi connectivity index (χ0) is 19.4. The van der Waals surface area contributed by atoms with E-state index in [1.165, 1.54) is 43.6 Å².